The second-order valence-corrected chi connectivity index (χ2v) is 3.91. The van der Waals surface area contributed by atoms with Crippen LogP contribution in [0.5, 0.6) is 0 Å². The molecule has 0 saturated heterocycles. The molecule has 2 aromatic rings. The molecule has 0 saturated carbocycles. The second-order valence-electron chi connectivity index (χ2n) is 3.04. The number of nitrogens with zero attached hydrogens (tertiary/aromatic N) is 2. The first-order valence-corrected chi connectivity index (χ1v) is 5.06. The molecule has 2 rings (SSSR count). The number of aromatic nitrogens is 2. The van der Waals surface area contributed by atoms with Gasteiger partial charge in [0, 0.05) is 16.2 Å². The van der Waals surface area contributed by atoms with Gasteiger partial charge < -0.3 is 5.11 Å². The third kappa shape index (κ3) is 2.31. The Labute approximate surface area is 96.9 Å². The summed E-state index contributed by atoms with van der Waals surface area (Å²) in [6, 6.07) is 6.89. The van der Waals surface area contributed by atoms with E-state index >= 15 is 0 Å². The van der Waals surface area contributed by atoms with Crippen molar-refractivity contribution in [3.05, 3.63) is 46.2 Å². The molecule has 0 fully saturated rings. The Balaban J connectivity index is 2.44. The molecule has 15 heavy (non-hydrogen) atoms. The highest BCUT2D eigenvalue weighted by atomic mass is 35.5. The average molecular weight is 243 g/mol. The van der Waals surface area contributed by atoms with E-state index in [1.54, 1.807) is 35.1 Å². The first-order chi connectivity index (χ1) is 7.19. The van der Waals surface area contributed by atoms with Crippen LogP contribution in [0.25, 0.3) is 5.69 Å². The van der Waals surface area contributed by atoms with Crippen molar-refractivity contribution in [2.45, 2.75) is 6.61 Å². The largest absolute Gasteiger partial charge is 0.390 e. The van der Waals surface area contributed by atoms with Crippen LogP contribution in [-0.2, 0) is 6.61 Å². The molecule has 1 aromatic heterocycles. The van der Waals surface area contributed by atoms with E-state index < -0.39 is 0 Å². The molecule has 0 unspecified atom stereocenters. The van der Waals surface area contributed by atoms with Gasteiger partial charge in [-0.1, -0.05) is 23.2 Å². The van der Waals surface area contributed by atoms with Crippen LogP contribution in [-0.4, -0.2) is 14.9 Å². The van der Waals surface area contributed by atoms with Crippen LogP contribution < -0.4 is 0 Å². The third-order valence-corrected chi connectivity index (χ3v) is 2.35. The molecule has 5 heteroatoms. The molecule has 78 valence electrons. The molecule has 1 N–H and O–H groups in total. The number of rotatable bonds is 2. The average Bonchev–Trinajstić information content (AvgIpc) is 2.64. The molecular formula is C10H8Cl2N2O. The fourth-order valence-electron chi connectivity index (χ4n) is 1.26. The lowest BCUT2D eigenvalue weighted by Gasteiger charge is -2.02. The number of hydrogen-bond donors (Lipinski definition) is 1. The quantitative estimate of drug-likeness (QED) is 0.880. The fourth-order valence-corrected chi connectivity index (χ4v) is 1.78. The highest BCUT2D eigenvalue weighted by molar-refractivity contribution is 6.34. The van der Waals surface area contributed by atoms with E-state index in [0.717, 1.165) is 5.69 Å². The Morgan fingerprint density at radius 2 is 1.87 bits per heavy atom. The van der Waals surface area contributed by atoms with E-state index in [4.69, 9.17) is 28.3 Å². The lowest BCUT2D eigenvalue weighted by atomic mass is 10.3. The summed E-state index contributed by atoms with van der Waals surface area (Å²) in [6.07, 6.45) is 1.74. The highest BCUT2D eigenvalue weighted by Gasteiger charge is 2.02. The summed E-state index contributed by atoms with van der Waals surface area (Å²) in [6.45, 7) is -0.0820. The van der Waals surface area contributed by atoms with Gasteiger partial charge in [-0.2, -0.15) is 5.10 Å². The van der Waals surface area contributed by atoms with Gasteiger partial charge >= 0.3 is 0 Å². The van der Waals surface area contributed by atoms with Crippen molar-refractivity contribution >= 4 is 23.2 Å². The van der Waals surface area contributed by atoms with Crippen LogP contribution in [0.3, 0.4) is 0 Å². The van der Waals surface area contributed by atoms with Gasteiger partial charge in [-0.25, -0.2) is 4.68 Å². The first kappa shape index (κ1) is 10.5. The maximum atomic E-state index is 8.88. The Hall–Kier alpha value is -1.03. The zero-order valence-corrected chi connectivity index (χ0v) is 9.20. The molecule has 0 atom stereocenters. The molecule has 0 aliphatic heterocycles. The molecule has 0 radical (unpaired) electrons. The molecule has 0 amide bonds. The van der Waals surface area contributed by atoms with Crippen molar-refractivity contribution in [1.82, 2.24) is 9.78 Å². The number of hydrogen-bond acceptors (Lipinski definition) is 2. The second kappa shape index (κ2) is 4.23. The predicted octanol–water partition coefficient (Wildman–Crippen LogP) is 2.67. The summed E-state index contributed by atoms with van der Waals surface area (Å²) in [4.78, 5) is 0. The van der Waals surface area contributed by atoms with Crippen LogP contribution in [0.4, 0.5) is 0 Å². The van der Waals surface area contributed by atoms with E-state index in [-0.39, 0.29) is 6.61 Å². The zero-order chi connectivity index (χ0) is 10.8. The van der Waals surface area contributed by atoms with Crippen molar-refractivity contribution in [2.24, 2.45) is 0 Å². The molecule has 0 bridgehead atoms. The summed E-state index contributed by atoms with van der Waals surface area (Å²) < 4.78 is 1.61. The van der Waals surface area contributed by atoms with Gasteiger partial charge in [0.1, 0.15) is 0 Å². The van der Waals surface area contributed by atoms with Crippen molar-refractivity contribution in [1.29, 1.82) is 0 Å². The maximum Gasteiger partial charge on any atom is 0.0883 e. The normalized spacial score (nSPS) is 10.6. The number of aliphatic hydroxyl groups is 1. The molecule has 0 spiro atoms. The van der Waals surface area contributed by atoms with Crippen LogP contribution in [0.15, 0.2) is 30.5 Å². The lowest BCUT2D eigenvalue weighted by Crippen LogP contribution is -1.96. The van der Waals surface area contributed by atoms with Crippen molar-refractivity contribution in [2.75, 3.05) is 0 Å². The maximum absolute atomic E-state index is 8.88. The molecule has 1 aromatic carbocycles. The topological polar surface area (TPSA) is 38.0 Å². The van der Waals surface area contributed by atoms with Crippen LogP contribution in [0.2, 0.25) is 10.0 Å². The van der Waals surface area contributed by atoms with Crippen molar-refractivity contribution in [3.63, 3.8) is 0 Å². The van der Waals surface area contributed by atoms with E-state index in [0.29, 0.717) is 15.7 Å². The summed E-state index contributed by atoms with van der Waals surface area (Å²) in [5, 5.41) is 14.1. The van der Waals surface area contributed by atoms with Crippen molar-refractivity contribution in [3.8, 4) is 5.69 Å². The van der Waals surface area contributed by atoms with Gasteiger partial charge in [-0.3, -0.25) is 0 Å². The predicted molar refractivity (Wildman–Crippen MR) is 59.5 cm³/mol. The SMILES string of the molecule is OCc1ccn(-c2cc(Cl)cc(Cl)c2)n1. The van der Waals surface area contributed by atoms with E-state index in [1.807, 2.05) is 0 Å². The van der Waals surface area contributed by atoms with Crippen LogP contribution in [0, 0.1) is 0 Å². The Bertz CT molecular complexity index is 462. The van der Waals surface area contributed by atoms with Gasteiger partial charge in [0.05, 0.1) is 18.0 Å². The smallest absolute Gasteiger partial charge is 0.0883 e. The third-order valence-electron chi connectivity index (χ3n) is 1.92. The molecule has 3 nitrogen and oxygen atoms in total. The van der Waals surface area contributed by atoms with Gasteiger partial charge in [0.15, 0.2) is 0 Å². The summed E-state index contributed by atoms with van der Waals surface area (Å²) in [5.41, 5.74) is 1.37. The van der Waals surface area contributed by atoms with Gasteiger partial charge in [0.2, 0.25) is 0 Å². The molecular weight excluding hydrogens is 235 g/mol. The minimum atomic E-state index is -0.0820. The Morgan fingerprint density at radius 3 is 2.40 bits per heavy atom. The number of benzene rings is 1. The van der Waals surface area contributed by atoms with Crippen molar-refractivity contribution < 1.29 is 5.11 Å². The Kier molecular flexibility index (Phi) is 2.95. The highest BCUT2D eigenvalue weighted by Crippen LogP contribution is 2.21. The van der Waals surface area contributed by atoms with E-state index in [2.05, 4.69) is 5.10 Å². The molecule has 0 aliphatic rings. The zero-order valence-electron chi connectivity index (χ0n) is 7.69. The lowest BCUT2D eigenvalue weighted by molar-refractivity contribution is 0.276. The summed E-state index contributed by atoms with van der Waals surface area (Å²) in [7, 11) is 0. The minimum Gasteiger partial charge on any atom is -0.390 e. The van der Waals surface area contributed by atoms with Gasteiger partial charge in [-0.05, 0) is 24.3 Å². The fraction of sp³-hybridized carbons (Fsp3) is 0.100. The minimum absolute atomic E-state index is 0.0820. The van der Waals surface area contributed by atoms with Crippen LogP contribution >= 0.6 is 23.2 Å². The standard InChI is InChI=1S/C10H8Cl2N2O/c11-7-3-8(12)5-10(4-7)14-2-1-9(6-15)13-14/h1-5,15H,6H2. The number of aliphatic hydroxyl groups excluding tert-OH is 1. The van der Waals surface area contributed by atoms with Gasteiger partial charge in [-0.15, -0.1) is 0 Å². The summed E-state index contributed by atoms with van der Waals surface area (Å²) in [5.74, 6) is 0. The first-order valence-electron chi connectivity index (χ1n) is 4.31. The monoisotopic (exact) mass is 242 g/mol. The van der Waals surface area contributed by atoms with E-state index in [9.17, 15) is 0 Å². The molecule has 0 aliphatic carbocycles. The van der Waals surface area contributed by atoms with Crippen LogP contribution in [0.1, 0.15) is 5.69 Å². The number of halogens is 2. The summed E-state index contributed by atoms with van der Waals surface area (Å²) >= 11 is 11.7. The Morgan fingerprint density at radius 1 is 1.20 bits per heavy atom. The van der Waals surface area contributed by atoms with Gasteiger partial charge in [0.25, 0.3) is 0 Å². The van der Waals surface area contributed by atoms with E-state index in [1.165, 1.54) is 0 Å². The molecule has 1 heterocycles.